The van der Waals surface area contributed by atoms with Gasteiger partial charge in [-0.15, -0.1) is 0 Å². The van der Waals surface area contributed by atoms with Gasteiger partial charge < -0.3 is 18.9 Å². The molecule has 1 aliphatic heterocycles. The summed E-state index contributed by atoms with van der Waals surface area (Å²) in [5, 5.41) is 0. The van der Waals surface area contributed by atoms with Crippen LogP contribution in [0, 0.1) is 5.41 Å². The zero-order chi connectivity index (χ0) is 19.1. The van der Waals surface area contributed by atoms with E-state index in [-0.39, 0.29) is 11.5 Å². The van der Waals surface area contributed by atoms with E-state index in [4.69, 9.17) is 18.9 Å². The van der Waals surface area contributed by atoms with Crippen LogP contribution in [0.1, 0.15) is 33.6 Å². The van der Waals surface area contributed by atoms with Crippen molar-refractivity contribution in [3.8, 4) is 0 Å². The van der Waals surface area contributed by atoms with Crippen LogP contribution < -0.4 is 0 Å². The third-order valence-electron chi connectivity index (χ3n) is 5.03. The molecule has 0 aromatic heterocycles. The molecule has 0 bridgehead atoms. The van der Waals surface area contributed by atoms with Crippen LogP contribution in [-0.2, 0) is 18.9 Å². The fourth-order valence-electron chi connectivity index (χ4n) is 3.08. The Balaban J connectivity index is 1.65. The molecule has 0 radical (unpaired) electrons. The highest BCUT2D eigenvalue weighted by molar-refractivity contribution is 5.42. The minimum Gasteiger partial charge on any atom is -0.491 e. The normalized spacial score (nSPS) is 22.1. The standard InChI is InChI=1S/C23H30O4/c1-4-24-17-27-21-10-6-8-19(12-14-21)23(2,3)18-7-5-9-20(13-11-18)25-15-22-16-26-22/h5,8-14,22H,4,6-7,15-17H2,1-3H3. The first-order valence-electron chi connectivity index (χ1n) is 9.71. The molecule has 4 nitrogen and oxygen atoms in total. The minimum atomic E-state index is -0.0738. The lowest BCUT2D eigenvalue weighted by Crippen LogP contribution is -2.17. The van der Waals surface area contributed by atoms with Crippen molar-refractivity contribution in [1.29, 1.82) is 0 Å². The molecule has 0 saturated carbocycles. The zero-order valence-electron chi connectivity index (χ0n) is 16.6. The maximum Gasteiger partial charge on any atom is 0.188 e. The maximum absolute atomic E-state index is 5.81. The van der Waals surface area contributed by atoms with Gasteiger partial charge in [0.25, 0.3) is 0 Å². The van der Waals surface area contributed by atoms with E-state index < -0.39 is 0 Å². The predicted octanol–water partition coefficient (Wildman–Crippen LogP) is 4.98. The van der Waals surface area contributed by atoms with Crippen molar-refractivity contribution in [2.45, 2.75) is 39.7 Å². The highest BCUT2D eigenvalue weighted by Crippen LogP contribution is 2.39. The number of allylic oxidation sites excluding steroid dienone is 10. The largest absolute Gasteiger partial charge is 0.491 e. The van der Waals surface area contributed by atoms with Gasteiger partial charge in [0.05, 0.1) is 6.61 Å². The van der Waals surface area contributed by atoms with Crippen molar-refractivity contribution < 1.29 is 18.9 Å². The second-order valence-corrected chi connectivity index (χ2v) is 7.35. The highest BCUT2D eigenvalue weighted by atomic mass is 16.7. The third kappa shape index (κ3) is 5.72. The van der Waals surface area contributed by atoms with Crippen molar-refractivity contribution in [2.75, 3.05) is 26.6 Å². The monoisotopic (exact) mass is 370 g/mol. The molecule has 0 aromatic rings. The smallest absolute Gasteiger partial charge is 0.188 e. The van der Waals surface area contributed by atoms with Gasteiger partial charge in [0.15, 0.2) is 6.79 Å². The second kappa shape index (κ2) is 9.25. The lowest BCUT2D eigenvalue weighted by molar-refractivity contribution is -0.0138. The van der Waals surface area contributed by atoms with E-state index in [2.05, 4.69) is 56.4 Å². The molecule has 146 valence electrons. The van der Waals surface area contributed by atoms with E-state index in [0.29, 0.717) is 20.0 Å². The van der Waals surface area contributed by atoms with Gasteiger partial charge in [-0.3, -0.25) is 0 Å². The first-order valence-corrected chi connectivity index (χ1v) is 9.71. The number of hydrogen-bond donors (Lipinski definition) is 0. The van der Waals surface area contributed by atoms with E-state index in [9.17, 15) is 0 Å². The van der Waals surface area contributed by atoms with Gasteiger partial charge in [-0.05, 0) is 49.6 Å². The van der Waals surface area contributed by atoms with E-state index in [1.54, 1.807) is 0 Å². The van der Waals surface area contributed by atoms with Crippen LogP contribution in [0.15, 0.2) is 71.3 Å². The van der Waals surface area contributed by atoms with Crippen LogP contribution in [-0.4, -0.2) is 32.7 Å². The summed E-state index contributed by atoms with van der Waals surface area (Å²) < 4.78 is 21.9. The lowest BCUT2D eigenvalue weighted by Gasteiger charge is -2.29. The summed E-state index contributed by atoms with van der Waals surface area (Å²) in [5.74, 6) is 1.76. The van der Waals surface area contributed by atoms with Gasteiger partial charge in [0.2, 0.25) is 0 Å². The molecule has 0 spiro atoms. The van der Waals surface area contributed by atoms with Crippen molar-refractivity contribution in [3.63, 3.8) is 0 Å². The number of hydrogen-bond acceptors (Lipinski definition) is 4. The number of epoxide rings is 1. The molecule has 0 N–H and O–H groups in total. The molecule has 4 heteroatoms. The highest BCUT2D eigenvalue weighted by Gasteiger charge is 2.27. The molecule has 1 heterocycles. The van der Waals surface area contributed by atoms with Gasteiger partial charge in [-0.1, -0.05) is 43.7 Å². The van der Waals surface area contributed by atoms with Crippen LogP contribution in [0.25, 0.3) is 0 Å². The zero-order valence-corrected chi connectivity index (χ0v) is 16.6. The predicted molar refractivity (Wildman–Crippen MR) is 107 cm³/mol. The van der Waals surface area contributed by atoms with Crippen LogP contribution in [0.5, 0.6) is 0 Å². The Labute approximate surface area is 162 Å². The summed E-state index contributed by atoms with van der Waals surface area (Å²) in [7, 11) is 0. The fourth-order valence-corrected chi connectivity index (χ4v) is 3.08. The van der Waals surface area contributed by atoms with Crippen LogP contribution >= 0.6 is 0 Å². The summed E-state index contributed by atoms with van der Waals surface area (Å²) in [4.78, 5) is 0. The van der Waals surface area contributed by atoms with E-state index in [1.165, 1.54) is 11.1 Å². The summed E-state index contributed by atoms with van der Waals surface area (Å²) in [6.45, 7) is 8.90. The Morgan fingerprint density at radius 3 is 2.70 bits per heavy atom. The Kier molecular flexibility index (Phi) is 6.75. The Morgan fingerprint density at radius 2 is 1.93 bits per heavy atom. The average molecular weight is 370 g/mol. The van der Waals surface area contributed by atoms with E-state index in [0.717, 1.165) is 31.0 Å². The van der Waals surface area contributed by atoms with Crippen molar-refractivity contribution in [1.82, 2.24) is 0 Å². The molecule has 27 heavy (non-hydrogen) atoms. The van der Waals surface area contributed by atoms with Gasteiger partial charge in [-0.2, -0.15) is 0 Å². The van der Waals surface area contributed by atoms with E-state index in [1.807, 2.05) is 13.0 Å². The van der Waals surface area contributed by atoms with Crippen molar-refractivity contribution in [3.05, 3.63) is 71.3 Å². The summed E-state index contributed by atoms with van der Waals surface area (Å²) >= 11 is 0. The molecule has 0 aromatic carbocycles. The Bertz CT molecular complexity index is 700. The molecular formula is C23H30O4. The molecule has 0 amide bonds. The van der Waals surface area contributed by atoms with Crippen LogP contribution in [0.4, 0.5) is 0 Å². The molecule has 1 fully saturated rings. The Morgan fingerprint density at radius 1 is 1.07 bits per heavy atom. The van der Waals surface area contributed by atoms with E-state index >= 15 is 0 Å². The molecule has 1 atom stereocenters. The van der Waals surface area contributed by atoms with Crippen LogP contribution in [0.3, 0.4) is 0 Å². The molecule has 1 unspecified atom stereocenters. The molecule has 2 aliphatic carbocycles. The number of rotatable bonds is 9. The topological polar surface area (TPSA) is 40.2 Å². The van der Waals surface area contributed by atoms with Gasteiger partial charge in [-0.25, -0.2) is 0 Å². The second-order valence-electron chi connectivity index (χ2n) is 7.35. The SMILES string of the molecule is CCOCOC1=CCC=C(C(C)(C)C2=CC=C(OCC3CO3)C=CC2)C=C1. The first kappa shape index (κ1) is 19.7. The van der Waals surface area contributed by atoms with Crippen molar-refractivity contribution >= 4 is 0 Å². The summed E-state index contributed by atoms with van der Waals surface area (Å²) in [6.07, 6.45) is 19.1. The van der Waals surface area contributed by atoms with Gasteiger partial charge in [0.1, 0.15) is 24.2 Å². The third-order valence-corrected chi connectivity index (χ3v) is 5.03. The molecule has 3 aliphatic rings. The van der Waals surface area contributed by atoms with Crippen LogP contribution in [0.2, 0.25) is 0 Å². The first-order chi connectivity index (χ1) is 13.1. The molecule has 3 rings (SSSR count). The van der Waals surface area contributed by atoms with Gasteiger partial charge in [0, 0.05) is 12.0 Å². The van der Waals surface area contributed by atoms with Crippen molar-refractivity contribution in [2.24, 2.45) is 5.41 Å². The number of ether oxygens (including phenoxy) is 4. The summed E-state index contributed by atoms with van der Waals surface area (Å²) in [6, 6.07) is 0. The quantitative estimate of drug-likeness (QED) is 0.326. The fraction of sp³-hybridized carbons (Fsp3) is 0.478. The Hall–Kier alpha value is -2.04. The van der Waals surface area contributed by atoms with Gasteiger partial charge >= 0.3 is 0 Å². The maximum atomic E-state index is 5.81. The lowest BCUT2D eigenvalue weighted by atomic mass is 9.75. The minimum absolute atomic E-state index is 0.0738. The summed E-state index contributed by atoms with van der Waals surface area (Å²) in [5.41, 5.74) is 2.57. The average Bonchev–Trinajstić information content (AvgIpc) is 3.48. The molecule has 1 saturated heterocycles. The molecular weight excluding hydrogens is 340 g/mol.